The standard InChI is InChI=1S/C19H28N4O/c1-13-14(2)22-23-16(13)8-9-18(24)21-17(11-19(3,4)5)15-7-6-10-20-12-15/h6-7,10,12,17H,8-9,11H2,1-5H3,(H,21,24)(H,22,23)/t17-/m0/s1. The van der Waals surface area contributed by atoms with E-state index in [-0.39, 0.29) is 17.4 Å². The summed E-state index contributed by atoms with van der Waals surface area (Å²) in [5, 5.41) is 10.4. The summed E-state index contributed by atoms with van der Waals surface area (Å²) in [6.07, 6.45) is 5.54. The first-order chi connectivity index (χ1) is 11.3. The number of carbonyl (C=O) groups is 1. The number of pyridine rings is 1. The SMILES string of the molecule is Cc1[nH]nc(CCC(=O)N[C@@H](CC(C)(C)C)c2cccnc2)c1C. The number of amides is 1. The van der Waals surface area contributed by atoms with Crippen molar-refractivity contribution in [2.45, 2.75) is 59.9 Å². The lowest BCUT2D eigenvalue weighted by Crippen LogP contribution is -2.31. The van der Waals surface area contributed by atoms with Crippen LogP contribution in [0.25, 0.3) is 0 Å². The molecule has 2 aromatic rings. The number of hydrogen-bond donors (Lipinski definition) is 2. The summed E-state index contributed by atoms with van der Waals surface area (Å²) in [4.78, 5) is 16.6. The van der Waals surface area contributed by atoms with Gasteiger partial charge in [0.25, 0.3) is 0 Å². The van der Waals surface area contributed by atoms with Crippen molar-refractivity contribution in [1.29, 1.82) is 0 Å². The van der Waals surface area contributed by atoms with E-state index in [0.717, 1.165) is 28.9 Å². The molecule has 1 atom stereocenters. The van der Waals surface area contributed by atoms with E-state index in [2.05, 4.69) is 41.3 Å². The van der Waals surface area contributed by atoms with Gasteiger partial charge in [-0.05, 0) is 42.9 Å². The Bertz CT molecular complexity index is 670. The van der Waals surface area contributed by atoms with Crippen LogP contribution in [-0.2, 0) is 11.2 Å². The molecule has 5 heteroatoms. The van der Waals surface area contributed by atoms with Crippen LogP contribution in [0.5, 0.6) is 0 Å². The van der Waals surface area contributed by atoms with Crippen molar-refractivity contribution in [2.75, 3.05) is 0 Å². The highest BCUT2D eigenvalue weighted by Gasteiger charge is 2.22. The summed E-state index contributed by atoms with van der Waals surface area (Å²) in [5.74, 6) is 0.0492. The average Bonchev–Trinajstić information content (AvgIpc) is 2.83. The topological polar surface area (TPSA) is 70.7 Å². The van der Waals surface area contributed by atoms with Crippen molar-refractivity contribution < 1.29 is 4.79 Å². The lowest BCUT2D eigenvalue weighted by molar-refractivity contribution is -0.122. The zero-order chi connectivity index (χ0) is 17.7. The smallest absolute Gasteiger partial charge is 0.220 e. The Hall–Kier alpha value is -2.17. The molecule has 2 N–H and O–H groups in total. The van der Waals surface area contributed by atoms with Crippen LogP contribution in [0.15, 0.2) is 24.5 Å². The highest BCUT2D eigenvalue weighted by atomic mass is 16.1. The minimum Gasteiger partial charge on any atom is -0.349 e. The van der Waals surface area contributed by atoms with Gasteiger partial charge in [0.05, 0.1) is 11.7 Å². The van der Waals surface area contributed by atoms with E-state index >= 15 is 0 Å². The van der Waals surface area contributed by atoms with Crippen LogP contribution in [0.2, 0.25) is 0 Å². The van der Waals surface area contributed by atoms with E-state index in [1.54, 1.807) is 6.20 Å². The Morgan fingerprint density at radius 1 is 1.33 bits per heavy atom. The van der Waals surface area contributed by atoms with E-state index in [4.69, 9.17) is 0 Å². The Balaban J connectivity index is 2.00. The molecule has 24 heavy (non-hydrogen) atoms. The van der Waals surface area contributed by atoms with Gasteiger partial charge in [0, 0.05) is 30.9 Å². The average molecular weight is 328 g/mol. The normalized spacial score (nSPS) is 12.9. The molecule has 0 radical (unpaired) electrons. The third-order valence-corrected chi connectivity index (χ3v) is 4.18. The van der Waals surface area contributed by atoms with Crippen LogP contribution in [-0.4, -0.2) is 21.1 Å². The Kier molecular flexibility index (Phi) is 5.75. The molecule has 0 unspecified atom stereocenters. The summed E-state index contributed by atoms with van der Waals surface area (Å²) in [7, 11) is 0. The van der Waals surface area contributed by atoms with Crippen molar-refractivity contribution in [3.8, 4) is 0 Å². The Morgan fingerprint density at radius 2 is 2.08 bits per heavy atom. The molecule has 0 bridgehead atoms. The fraction of sp³-hybridized carbons (Fsp3) is 0.526. The number of aryl methyl sites for hydroxylation is 2. The van der Waals surface area contributed by atoms with Gasteiger partial charge in [0.2, 0.25) is 5.91 Å². The van der Waals surface area contributed by atoms with Crippen molar-refractivity contribution in [1.82, 2.24) is 20.5 Å². The highest BCUT2D eigenvalue weighted by molar-refractivity contribution is 5.76. The zero-order valence-corrected chi connectivity index (χ0v) is 15.3. The Labute approximate surface area is 144 Å². The predicted molar refractivity (Wildman–Crippen MR) is 95.6 cm³/mol. The minimum atomic E-state index is -0.0202. The van der Waals surface area contributed by atoms with Gasteiger partial charge in [-0.25, -0.2) is 0 Å². The zero-order valence-electron chi connectivity index (χ0n) is 15.3. The molecule has 2 aromatic heterocycles. The first-order valence-electron chi connectivity index (χ1n) is 8.46. The second-order valence-electron chi connectivity index (χ2n) is 7.59. The van der Waals surface area contributed by atoms with Gasteiger partial charge in [-0.3, -0.25) is 14.9 Å². The molecule has 0 aliphatic rings. The Morgan fingerprint density at radius 3 is 2.62 bits per heavy atom. The lowest BCUT2D eigenvalue weighted by Gasteiger charge is -2.27. The second kappa shape index (κ2) is 7.60. The van der Waals surface area contributed by atoms with Gasteiger partial charge in [0.15, 0.2) is 0 Å². The summed E-state index contributed by atoms with van der Waals surface area (Å²) >= 11 is 0. The third-order valence-electron chi connectivity index (χ3n) is 4.18. The van der Waals surface area contributed by atoms with Gasteiger partial charge in [-0.15, -0.1) is 0 Å². The number of aromatic amines is 1. The van der Waals surface area contributed by atoms with Crippen molar-refractivity contribution >= 4 is 5.91 Å². The van der Waals surface area contributed by atoms with Crippen molar-refractivity contribution in [3.05, 3.63) is 47.0 Å². The van der Waals surface area contributed by atoms with Crippen LogP contribution in [0.1, 0.15) is 62.2 Å². The van der Waals surface area contributed by atoms with E-state index in [1.807, 2.05) is 32.2 Å². The van der Waals surface area contributed by atoms with Gasteiger partial charge >= 0.3 is 0 Å². The third kappa shape index (κ3) is 5.18. The lowest BCUT2D eigenvalue weighted by atomic mass is 9.85. The summed E-state index contributed by atoms with van der Waals surface area (Å²) in [6, 6.07) is 3.91. The number of H-pyrrole nitrogens is 1. The van der Waals surface area contributed by atoms with Crippen LogP contribution in [0.4, 0.5) is 0 Å². The molecule has 0 saturated heterocycles. The van der Waals surface area contributed by atoms with Gasteiger partial charge in [0.1, 0.15) is 0 Å². The van der Waals surface area contributed by atoms with Gasteiger partial charge in [-0.1, -0.05) is 26.8 Å². The number of aromatic nitrogens is 3. The number of rotatable bonds is 6. The fourth-order valence-corrected chi connectivity index (χ4v) is 2.72. The van der Waals surface area contributed by atoms with E-state index in [9.17, 15) is 4.79 Å². The van der Waals surface area contributed by atoms with Gasteiger partial charge < -0.3 is 5.32 Å². The molecule has 0 fully saturated rings. The molecule has 5 nitrogen and oxygen atoms in total. The molecule has 0 aliphatic heterocycles. The second-order valence-corrected chi connectivity index (χ2v) is 7.59. The maximum absolute atomic E-state index is 12.4. The molecule has 1 amide bonds. The van der Waals surface area contributed by atoms with Crippen molar-refractivity contribution in [3.63, 3.8) is 0 Å². The molecule has 0 aliphatic carbocycles. The summed E-state index contributed by atoms with van der Waals surface area (Å²) in [6.45, 7) is 10.6. The van der Waals surface area contributed by atoms with Crippen LogP contribution < -0.4 is 5.32 Å². The largest absolute Gasteiger partial charge is 0.349 e. The molecular weight excluding hydrogens is 300 g/mol. The minimum absolute atomic E-state index is 0.0202. The highest BCUT2D eigenvalue weighted by Crippen LogP contribution is 2.29. The van der Waals surface area contributed by atoms with Crippen LogP contribution >= 0.6 is 0 Å². The maximum Gasteiger partial charge on any atom is 0.220 e. The number of carbonyl (C=O) groups excluding carboxylic acids is 1. The monoisotopic (exact) mass is 328 g/mol. The molecule has 2 rings (SSSR count). The summed E-state index contributed by atoms with van der Waals surface area (Å²) < 4.78 is 0. The first-order valence-corrected chi connectivity index (χ1v) is 8.46. The summed E-state index contributed by atoms with van der Waals surface area (Å²) in [5.41, 5.74) is 4.33. The van der Waals surface area contributed by atoms with E-state index in [0.29, 0.717) is 12.8 Å². The fourth-order valence-electron chi connectivity index (χ4n) is 2.72. The molecule has 0 saturated carbocycles. The van der Waals surface area contributed by atoms with Crippen molar-refractivity contribution in [2.24, 2.45) is 5.41 Å². The van der Waals surface area contributed by atoms with Gasteiger partial charge in [-0.2, -0.15) is 5.10 Å². The first kappa shape index (κ1) is 18.2. The molecule has 2 heterocycles. The van der Waals surface area contributed by atoms with E-state index < -0.39 is 0 Å². The number of nitrogens with zero attached hydrogens (tertiary/aromatic N) is 2. The van der Waals surface area contributed by atoms with Crippen LogP contribution in [0.3, 0.4) is 0 Å². The molecular formula is C19H28N4O. The molecule has 0 aromatic carbocycles. The van der Waals surface area contributed by atoms with Crippen LogP contribution in [0, 0.1) is 19.3 Å². The molecule has 0 spiro atoms. The number of nitrogens with one attached hydrogen (secondary N) is 2. The predicted octanol–water partition coefficient (Wildman–Crippen LogP) is 3.65. The molecule has 130 valence electrons. The maximum atomic E-state index is 12.4. The number of hydrogen-bond acceptors (Lipinski definition) is 3. The van der Waals surface area contributed by atoms with E-state index in [1.165, 1.54) is 0 Å². The quantitative estimate of drug-likeness (QED) is 0.850.